The minimum atomic E-state index is -0.878. The van der Waals surface area contributed by atoms with Crippen LogP contribution < -0.4 is 5.73 Å². The van der Waals surface area contributed by atoms with Crippen molar-refractivity contribution in [2.75, 3.05) is 0 Å². The topological polar surface area (TPSA) is 63.3 Å². The van der Waals surface area contributed by atoms with Crippen molar-refractivity contribution < 1.29 is 9.90 Å². The van der Waals surface area contributed by atoms with Gasteiger partial charge in [0.2, 0.25) is 0 Å². The molecule has 0 saturated heterocycles. The Morgan fingerprint density at radius 3 is 3.00 bits per heavy atom. The summed E-state index contributed by atoms with van der Waals surface area (Å²) in [6.45, 7) is 2.03. The zero-order valence-electron chi connectivity index (χ0n) is 7.49. The van der Waals surface area contributed by atoms with E-state index in [9.17, 15) is 4.79 Å². The van der Waals surface area contributed by atoms with Crippen LogP contribution in [0.4, 0.5) is 0 Å². The monoisotopic (exact) mass is 199 g/mol. The summed E-state index contributed by atoms with van der Waals surface area (Å²) in [4.78, 5) is 11.1. The van der Waals surface area contributed by atoms with Gasteiger partial charge in [0.05, 0.1) is 0 Å². The van der Waals surface area contributed by atoms with Gasteiger partial charge in [0.1, 0.15) is 4.88 Å². The maximum Gasteiger partial charge on any atom is 0.346 e. The van der Waals surface area contributed by atoms with Crippen LogP contribution in [0.3, 0.4) is 0 Å². The summed E-state index contributed by atoms with van der Waals surface area (Å²) in [7, 11) is 0. The zero-order chi connectivity index (χ0) is 9.84. The van der Waals surface area contributed by atoms with Crippen LogP contribution >= 0.6 is 11.3 Å². The van der Waals surface area contributed by atoms with Crippen LogP contribution in [0.15, 0.2) is 11.4 Å². The lowest BCUT2D eigenvalue weighted by atomic mass is 10.0. The van der Waals surface area contributed by atoms with Crippen molar-refractivity contribution in [2.45, 2.75) is 25.8 Å². The second-order valence-electron chi connectivity index (χ2n) is 2.91. The summed E-state index contributed by atoms with van der Waals surface area (Å²) in [5, 5.41) is 10.6. The molecule has 1 aromatic rings. The molecule has 0 unspecified atom stereocenters. The molecule has 0 radical (unpaired) electrons. The van der Waals surface area contributed by atoms with Gasteiger partial charge >= 0.3 is 5.97 Å². The van der Waals surface area contributed by atoms with Crippen LogP contribution in [-0.4, -0.2) is 11.1 Å². The van der Waals surface area contributed by atoms with E-state index >= 15 is 0 Å². The summed E-state index contributed by atoms with van der Waals surface area (Å²) in [6.07, 6.45) is 1.80. The summed E-state index contributed by atoms with van der Waals surface area (Å²) >= 11 is 1.23. The van der Waals surface area contributed by atoms with E-state index in [0.717, 1.165) is 18.4 Å². The van der Waals surface area contributed by atoms with Crippen LogP contribution in [0, 0.1) is 0 Å². The van der Waals surface area contributed by atoms with Gasteiger partial charge in [-0.05, 0) is 23.4 Å². The van der Waals surface area contributed by atoms with E-state index in [1.54, 1.807) is 11.4 Å². The Morgan fingerprint density at radius 2 is 2.46 bits per heavy atom. The highest BCUT2D eigenvalue weighted by molar-refractivity contribution is 7.12. The fourth-order valence-electron chi connectivity index (χ4n) is 1.25. The first-order valence-electron chi connectivity index (χ1n) is 4.23. The van der Waals surface area contributed by atoms with Crippen molar-refractivity contribution in [3.8, 4) is 0 Å². The molecule has 0 bridgehead atoms. The number of nitrogens with two attached hydrogens (primary N) is 1. The largest absolute Gasteiger partial charge is 0.477 e. The molecule has 3 N–H and O–H groups in total. The van der Waals surface area contributed by atoms with Gasteiger partial charge < -0.3 is 10.8 Å². The van der Waals surface area contributed by atoms with Gasteiger partial charge in [-0.25, -0.2) is 4.79 Å². The molecule has 3 nitrogen and oxygen atoms in total. The summed E-state index contributed by atoms with van der Waals surface area (Å²) in [6, 6.07) is 1.66. The number of hydrogen-bond acceptors (Lipinski definition) is 3. The third-order valence-corrected chi connectivity index (χ3v) is 2.81. The lowest BCUT2D eigenvalue weighted by Gasteiger charge is -2.08. The Balaban J connectivity index is 2.86. The molecular formula is C9H13NO2S. The van der Waals surface area contributed by atoms with Crippen LogP contribution in [0.1, 0.15) is 41.0 Å². The van der Waals surface area contributed by atoms with Crippen molar-refractivity contribution in [1.82, 2.24) is 0 Å². The molecule has 4 heteroatoms. The van der Waals surface area contributed by atoms with Gasteiger partial charge in [0, 0.05) is 6.04 Å². The molecule has 0 aliphatic rings. The lowest BCUT2D eigenvalue weighted by molar-refractivity contribution is 0.0700. The van der Waals surface area contributed by atoms with Crippen molar-refractivity contribution in [3.63, 3.8) is 0 Å². The molecule has 72 valence electrons. The number of carboxylic acid groups (broad SMARTS) is 1. The predicted molar refractivity (Wildman–Crippen MR) is 53.1 cm³/mol. The Labute approximate surface area is 81.2 Å². The highest BCUT2D eigenvalue weighted by Gasteiger charge is 2.16. The first-order chi connectivity index (χ1) is 6.16. The third-order valence-electron chi connectivity index (χ3n) is 1.89. The third kappa shape index (κ3) is 2.29. The SMILES string of the molecule is CCC[C@@H](N)c1ccsc1C(=O)O. The average molecular weight is 199 g/mol. The second-order valence-corrected chi connectivity index (χ2v) is 3.82. The normalized spacial score (nSPS) is 12.8. The Kier molecular flexibility index (Phi) is 3.45. The van der Waals surface area contributed by atoms with Crippen LogP contribution in [0.2, 0.25) is 0 Å². The molecular weight excluding hydrogens is 186 g/mol. The first kappa shape index (κ1) is 10.2. The van der Waals surface area contributed by atoms with Crippen LogP contribution in [-0.2, 0) is 0 Å². The molecule has 0 aliphatic heterocycles. The summed E-state index contributed by atoms with van der Waals surface area (Å²) in [5.74, 6) is -0.878. The molecule has 1 atom stereocenters. The molecule has 0 aliphatic carbocycles. The van der Waals surface area contributed by atoms with E-state index in [1.165, 1.54) is 11.3 Å². The van der Waals surface area contributed by atoms with E-state index in [4.69, 9.17) is 10.8 Å². The number of hydrogen-bond donors (Lipinski definition) is 2. The van der Waals surface area contributed by atoms with Crippen LogP contribution in [0.25, 0.3) is 0 Å². The molecule has 0 amide bonds. The molecule has 0 saturated carbocycles. The molecule has 0 spiro atoms. The average Bonchev–Trinajstić information content (AvgIpc) is 2.52. The smallest absolute Gasteiger partial charge is 0.346 e. The predicted octanol–water partition coefficient (Wildman–Crippen LogP) is 2.25. The van der Waals surface area contributed by atoms with Crippen molar-refractivity contribution >= 4 is 17.3 Å². The molecule has 13 heavy (non-hydrogen) atoms. The van der Waals surface area contributed by atoms with Crippen LogP contribution in [0.5, 0.6) is 0 Å². The highest BCUT2D eigenvalue weighted by atomic mass is 32.1. The van der Waals surface area contributed by atoms with Gasteiger partial charge in [-0.3, -0.25) is 0 Å². The number of carboxylic acids is 1. The molecule has 0 aromatic carbocycles. The van der Waals surface area contributed by atoms with Crippen molar-refractivity contribution in [1.29, 1.82) is 0 Å². The van der Waals surface area contributed by atoms with Crippen molar-refractivity contribution in [3.05, 3.63) is 21.9 Å². The van der Waals surface area contributed by atoms with E-state index in [-0.39, 0.29) is 6.04 Å². The number of rotatable bonds is 4. The number of thiophene rings is 1. The standard InChI is InChI=1S/C9H13NO2S/c1-2-3-7(10)6-4-5-13-8(6)9(11)12/h4-5,7H,2-3,10H2,1H3,(H,11,12)/t7-/m1/s1. The minimum absolute atomic E-state index is 0.137. The maximum absolute atomic E-state index is 10.7. The molecule has 1 heterocycles. The van der Waals surface area contributed by atoms with Gasteiger partial charge in [0.25, 0.3) is 0 Å². The van der Waals surface area contributed by atoms with Gasteiger partial charge in [-0.2, -0.15) is 0 Å². The van der Waals surface area contributed by atoms with E-state index in [1.807, 2.05) is 6.92 Å². The Hall–Kier alpha value is -0.870. The molecule has 1 aromatic heterocycles. The summed E-state index contributed by atoms with van der Waals surface area (Å²) < 4.78 is 0. The quantitative estimate of drug-likeness (QED) is 0.781. The Morgan fingerprint density at radius 1 is 1.77 bits per heavy atom. The van der Waals surface area contributed by atoms with E-state index in [0.29, 0.717) is 4.88 Å². The molecule has 0 fully saturated rings. The fraction of sp³-hybridized carbons (Fsp3) is 0.444. The molecule has 1 rings (SSSR count). The van der Waals surface area contributed by atoms with Gasteiger partial charge in [-0.15, -0.1) is 11.3 Å². The number of aromatic carboxylic acids is 1. The maximum atomic E-state index is 10.7. The van der Waals surface area contributed by atoms with Gasteiger partial charge in [-0.1, -0.05) is 13.3 Å². The van der Waals surface area contributed by atoms with Gasteiger partial charge in [0.15, 0.2) is 0 Å². The van der Waals surface area contributed by atoms with E-state index < -0.39 is 5.97 Å². The lowest BCUT2D eigenvalue weighted by Crippen LogP contribution is -2.12. The minimum Gasteiger partial charge on any atom is -0.477 e. The number of carbonyl (C=O) groups is 1. The van der Waals surface area contributed by atoms with Crippen molar-refractivity contribution in [2.24, 2.45) is 5.73 Å². The zero-order valence-corrected chi connectivity index (χ0v) is 8.30. The highest BCUT2D eigenvalue weighted by Crippen LogP contribution is 2.24. The first-order valence-corrected chi connectivity index (χ1v) is 5.11. The second kappa shape index (κ2) is 4.39. The summed E-state index contributed by atoms with van der Waals surface area (Å²) in [5.41, 5.74) is 6.60. The Bertz CT molecular complexity index is 296. The van der Waals surface area contributed by atoms with E-state index in [2.05, 4.69) is 0 Å². The fourth-order valence-corrected chi connectivity index (χ4v) is 2.06.